The standard InChI is InChI=1S/C31H35F3/c1-3-5-25-16-17-27(20-29(25)32)23-11-8-22(9-12-23)10-15-26-18-19-28(31(34)30(26)33)24-13-6-21(4-2)7-14-24/h6-7,13-14,16-20,22-23H,3-5,8-12,15H2,1-2H3. The van der Waals surface area contributed by atoms with Crippen LogP contribution in [0.2, 0.25) is 0 Å². The summed E-state index contributed by atoms with van der Waals surface area (Å²) < 4.78 is 44.0. The fraction of sp³-hybridized carbons (Fsp3) is 0.419. The maximum Gasteiger partial charge on any atom is 0.166 e. The minimum atomic E-state index is -0.751. The molecule has 0 aliphatic heterocycles. The number of halogens is 3. The van der Waals surface area contributed by atoms with E-state index in [4.69, 9.17) is 0 Å². The highest BCUT2D eigenvalue weighted by Gasteiger charge is 2.24. The molecule has 1 aliphatic carbocycles. The van der Waals surface area contributed by atoms with Gasteiger partial charge in [0.05, 0.1) is 0 Å². The van der Waals surface area contributed by atoms with Gasteiger partial charge in [-0.1, -0.05) is 68.8 Å². The number of rotatable bonds is 8. The minimum absolute atomic E-state index is 0.0799. The van der Waals surface area contributed by atoms with Crippen LogP contribution in [0.25, 0.3) is 11.1 Å². The molecule has 34 heavy (non-hydrogen) atoms. The van der Waals surface area contributed by atoms with E-state index in [2.05, 4.69) is 19.9 Å². The van der Waals surface area contributed by atoms with Gasteiger partial charge in [-0.2, -0.15) is 0 Å². The lowest BCUT2D eigenvalue weighted by Crippen LogP contribution is -2.14. The summed E-state index contributed by atoms with van der Waals surface area (Å²) in [6, 6.07) is 16.9. The smallest absolute Gasteiger partial charge is 0.166 e. The van der Waals surface area contributed by atoms with Crippen LogP contribution in [0.15, 0.2) is 54.6 Å². The lowest BCUT2D eigenvalue weighted by atomic mass is 9.76. The molecule has 3 heteroatoms. The van der Waals surface area contributed by atoms with Gasteiger partial charge < -0.3 is 0 Å². The number of benzene rings is 3. The fourth-order valence-electron chi connectivity index (χ4n) is 5.36. The summed E-state index contributed by atoms with van der Waals surface area (Å²) in [4.78, 5) is 0. The van der Waals surface area contributed by atoms with Crippen LogP contribution in [0.1, 0.15) is 80.5 Å². The van der Waals surface area contributed by atoms with Gasteiger partial charge >= 0.3 is 0 Å². The third kappa shape index (κ3) is 5.56. The summed E-state index contributed by atoms with van der Waals surface area (Å²) in [6.45, 7) is 4.13. The molecule has 0 atom stereocenters. The molecule has 0 aromatic heterocycles. The number of hydrogen-bond acceptors (Lipinski definition) is 0. The molecule has 1 aliphatic rings. The molecule has 180 valence electrons. The summed E-state index contributed by atoms with van der Waals surface area (Å²) >= 11 is 0. The Labute approximate surface area is 202 Å². The summed E-state index contributed by atoms with van der Waals surface area (Å²) in [5, 5.41) is 0. The van der Waals surface area contributed by atoms with E-state index in [1.54, 1.807) is 18.2 Å². The van der Waals surface area contributed by atoms with Crippen LogP contribution in [-0.2, 0) is 19.3 Å². The van der Waals surface area contributed by atoms with Crippen molar-refractivity contribution in [1.29, 1.82) is 0 Å². The molecule has 4 rings (SSSR count). The molecule has 1 saturated carbocycles. The van der Waals surface area contributed by atoms with Gasteiger partial charge in [0.2, 0.25) is 0 Å². The van der Waals surface area contributed by atoms with Gasteiger partial charge in [-0.05, 0) is 97.1 Å². The Morgan fingerprint density at radius 2 is 1.44 bits per heavy atom. The largest absolute Gasteiger partial charge is 0.207 e. The van der Waals surface area contributed by atoms with Crippen LogP contribution in [0.4, 0.5) is 13.2 Å². The first-order valence-electron chi connectivity index (χ1n) is 12.8. The Balaban J connectivity index is 1.34. The van der Waals surface area contributed by atoms with Gasteiger partial charge in [-0.3, -0.25) is 0 Å². The Kier molecular flexibility index (Phi) is 8.13. The molecule has 0 amide bonds. The van der Waals surface area contributed by atoms with Gasteiger partial charge in [0.25, 0.3) is 0 Å². The summed E-state index contributed by atoms with van der Waals surface area (Å²) in [5.74, 6) is -0.644. The van der Waals surface area contributed by atoms with Gasteiger partial charge in [-0.25, -0.2) is 13.2 Å². The lowest BCUT2D eigenvalue weighted by Gasteiger charge is -2.29. The predicted molar refractivity (Wildman–Crippen MR) is 135 cm³/mol. The third-order valence-corrected chi connectivity index (χ3v) is 7.57. The average molecular weight is 465 g/mol. The first-order valence-corrected chi connectivity index (χ1v) is 12.8. The molecule has 3 aromatic rings. The number of aryl methyl sites for hydroxylation is 3. The number of hydrogen-bond donors (Lipinski definition) is 0. The Bertz CT molecular complexity index is 1090. The monoisotopic (exact) mass is 464 g/mol. The van der Waals surface area contributed by atoms with Crippen LogP contribution >= 0.6 is 0 Å². The summed E-state index contributed by atoms with van der Waals surface area (Å²) in [6.07, 6.45) is 8.21. The zero-order chi connectivity index (χ0) is 24.1. The first-order chi connectivity index (χ1) is 16.5. The van der Waals surface area contributed by atoms with E-state index in [-0.39, 0.29) is 5.82 Å². The Morgan fingerprint density at radius 3 is 2.09 bits per heavy atom. The van der Waals surface area contributed by atoms with E-state index < -0.39 is 11.6 Å². The SMILES string of the molecule is CCCc1ccc(C2CCC(CCc3ccc(-c4ccc(CC)cc4)c(F)c3F)CC2)cc1F. The topological polar surface area (TPSA) is 0 Å². The van der Waals surface area contributed by atoms with Crippen LogP contribution < -0.4 is 0 Å². The summed E-state index contributed by atoms with van der Waals surface area (Å²) in [5.41, 5.74) is 4.57. The van der Waals surface area contributed by atoms with Gasteiger partial charge in [0.1, 0.15) is 5.82 Å². The van der Waals surface area contributed by atoms with E-state index in [1.165, 1.54) is 5.56 Å². The maximum atomic E-state index is 14.8. The van der Waals surface area contributed by atoms with E-state index >= 15 is 0 Å². The molecule has 1 fully saturated rings. The van der Waals surface area contributed by atoms with Crippen molar-refractivity contribution in [3.63, 3.8) is 0 Å². The highest BCUT2D eigenvalue weighted by molar-refractivity contribution is 5.65. The van der Waals surface area contributed by atoms with Crippen molar-refractivity contribution in [1.82, 2.24) is 0 Å². The van der Waals surface area contributed by atoms with Crippen molar-refractivity contribution in [2.24, 2.45) is 5.92 Å². The molecule has 0 saturated heterocycles. The molecule has 0 N–H and O–H groups in total. The second-order valence-electron chi connectivity index (χ2n) is 9.81. The quantitative estimate of drug-likeness (QED) is 0.312. The molecular formula is C31H35F3. The van der Waals surface area contributed by atoms with E-state index in [1.807, 2.05) is 30.3 Å². The maximum absolute atomic E-state index is 14.8. The average Bonchev–Trinajstić information content (AvgIpc) is 2.87. The second kappa shape index (κ2) is 11.3. The van der Waals surface area contributed by atoms with Crippen LogP contribution in [0, 0.1) is 23.4 Å². The molecule has 3 aromatic carbocycles. The van der Waals surface area contributed by atoms with Gasteiger partial charge in [-0.15, -0.1) is 0 Å². The van der Waals surface area contributed by atoms with Crippen molar-refractivity contribution >= 4 is 0 Å². The zero-order valence-corrected chi connectivity index (χ0v) is 20.3. The van der Waals surface area contributed by atoms with E-state index in [0.717, 1.165) is 62.5 Å². The van der Waals surface area contributed by atoms with Crippen molar-refractivity contribution in [3.05, 3.63) is 94.3 Å². The molecular weight excluding hydrogens is 429 g/mol. The van der Waals surface area contributed by atoms with Crippen molar-refractivity contribution in [2.45, 2.75) is 77.6 Å². The van der Waals surface area contributed by atoms with Crippen molar-refractivity contribution in [2.75, 3.05) is 0 Å². The zero-order valence-electron chi connectivity index (χ0n) is 20.3. The molecule has 0 nitrogen and oxygen atoms in total. The van der Waals surface area contributed by atoms with E-state index in [9.17, 15) is 13.2 Å². The molecule has 0 radical (unpaired) electrons. The Hall–Kier alpha value is -2.55. The third-order valence-electron chi connectivity index (χ3n) is 7.57. The highest BCUT2D eigenvalue weighted by atomic mass is 19.2. The van der Waals surface area contributed by atoms with Gasteiger partial charge in [0.15, 0.2) is 11.6 Å². The molecule has 0 unspecified atom stereocenters. The highest BCUT2D eigenvalue weighted by Crippen LogP contribution is 2.38. The van der Waals surface area contributed by atoms with Crippen LogP contribution in [0.3, 0.4) is 0 Å². The molecule has 0 bridgehead atoms. The molecule has 0 spiro atoms. The van der Waals surface area contributed by atoms with Crippen molar-refractivity contribution < 1.29 is 13.2 Å². The van der Waals surface area contributed by atoms with Crippen molar-refractivity contribution in [3.8, 4) is 11.1 Å². The van der Waals surface area contributed by atoms with Gasteiger partial charge in [0, 0.05) is 5.56 Å². The van der Waals surface area contributed by atoms with Crippen LogP contribution in [-0.4, -0.2) is 0 Å². The fourth-order valence-corrected chi connectivity index (χ4v) is 5.36. The first kappa shape index (κ1) is 24.6. The van der Waals surface area contributed by atoms with E-state index in [0.29, 0.717) is 34.9 Å². The molecule has 0 heterocycles. The minimum Gasteiger partial charge on any atom is -0.207 e. The normalized spacial score (nSPS) is 18.3. The second-order valence-corrected chi connectivity index (χ2v) is 9.81. The lowest BCUT2D eigenvalue weighted by molar-refractivity contribution is 0.308. The van der Waals surface area contributed by atoms with Crippen LogP contribution in [0.5, 0.6) is 0 Å². The Morgan fingerprint density at radius 1 is 0.735 bits per heavy atom. The summed E-state index contributed by atoms with van der Waals surface area (Å²) in [7, 11) is 0. The predicted octanol–water partition coefficient (Wildman–Crippen LogP) is 9.19.